The molecule has 0 aromatic rings. The van der Waals surface area contributed by atoms with E-state index in [2.05, 4.69) is 11.8 Å². The Balaban J connectivity index is 2.41. The first-order valence-corrected chi connectivity index (χ1v) is 6.16. The average Bonchev–Trinajstić information content (AvgIpc) is 2.30. The van der Waals surface area contributed by atoms with Crippen LogP contribution in [0.25, 0.3) is 0 Å². The molecule has 4 heteroatoms. The van der Waals surface area contributed by atoms with E-state index >= 15 is 0 Å². The van der Waals surface area contributed by atoms with Crippen LogP contribution in [0.2, 0.25) is 0 Å². The molecule has 0 saturated carbocycles. The predicted molar refractivity (Wildman–Crippen MR) is 64.4 cm³/mol. The molecule has 1 saturated heterocycles. The van der Waals surface area contributed by atoms with Crippen molar-refractivity contribution in [2.24, 2.45) is 5.92 Å². The van der Waals surface area contributed by atoms with E-state index in [1.165, 1.54) is 0 Å². The monoisotopic (exact) mass is 228 g/mol. The zero-order valence-electron chi connectivity index (χ0n) is 10.7. The van der Waals surface area contributed by atoms with Gasteiger partial charge in [-0.15, -0.1) is 0 Å². The summed E-state index contributed by atoms with van der Waals surface area (Å²) in [4.78, 5) is 16.3. The van der Waals surface area contributed by atoms with Gasteiger partial charge in [-0.05, 0) is 33.5 Å². The number of amides is 1. The van der Waals surface area contributed by atoms with Crippen LogP contribution in [-0.2, 0) is 9.53 Å². The van der Waals surface area contributed by atoms with Crippen molar-refractivity contribution in [3.8, 4) is 0 Å². The molecule has 1 heterocycles. The van der Waals surface area contributed by atoms with Crippen LogP contribution in [0, 0.1) is 5.92 Å². The first kappa shape index (κ1) is 13.5. The summed E-state index contributed by atoms with van der Waals surface area (Å²) < 4.78 is 5.26. The summed E-state index contributed by atoms with van der Waals surface area (Å²) in [5, 5.41) is 0. The van der Waals surface area contributed by atoms with Crippen LogP contribution in [0.4, 0.5) is 0 Å². The van der Waals surface area contributed by atoms with E-state index < -0.39 is 0 Å². The van der Waals surface area contributed by atoms with Crippen molar-refractivity contribution in [3.63, 3.8) is 0 Å². The molecule has 1 amide bonds. The van der Waals surface area contributed by atoms with Gasteiger partial charge < -0.3 is 14.5 Å². The van der Waals surface area contributed by atoms with Crippen molar-refractivity contribution >= 4 is 5.91 Å². The number of ether oxygens (including phenoxy) is 1. The van der Waals surface area contributed by atoms with Gasteiger partial charge in [-0.2, -0.15) is 0 Å². The van der Waals surface area contributed by atoms with E-state index in [-0.39, 0.29) is 5.92 Å². The number of hydrogen-bond donors (Lipinski definition) is 0. The molecule has 16 heavy (non-hydrogen) atoms. The van der Waals surface area contributed by atoms with Crippen LogP contribution in [0.5, 0.6) is 0 Å². The van der Waals surface area contributed by atoms with Gasteiger partial charge >= 0.3 is 0 Å². The molecule has 1 atom stereocenters. The second-order valence-corrected chi connectivity index (χ2v) is 4.63. The molecule has 0 spiro atoms. The summed E-state index contributed by atoms with van der Waals surface area (Å²) in [6.45, 7) is 5.98. The second-order valence-electron chi connectivity index (χ2n) is 4.63. The Morgan fingerprint density at radius 1 is 1.38 bits per heavy atom. The van der Waals surface area contributed by atoms with E-state index in [0.29, 0.717) is 19.1 Å². The molecule has 0 N–H and O–H groups in total. The lowest BCUT2D eigenvalue weighted by Gasteiger charge is -2.30. The van der Waals surface area contributed by atoms with Crippen molar-refractivity contribution in [2.75, 3.05) is 46.9 Å². The molecule has 1 rings (SSSR count). The Bertz CT molecular complexity index is 213. The largest absolute Gasteiger partial charge is 0.378 e. The summed E-state index contributed by atoms with van der Waals surface area (Å²) in [7, 11) is 4.10. The van der Waals surface area contributed by atoms with Crippen LogP contribution in [-0.4, -0.2) is 62.7 Å². The Kier molecular flexibility index (Phi) is 5.77. The maximum atomic E-state index is 12.2. The highest BCUT2D eigenvalue weighted by molar-refractivity contribution is 5.78. The summed E-state index contributed by atoms with van der Waals surface area (Å²) in [5.41, 5.74) is 0. The van der Waals surface area contributed by atoms with Crippen molar-refractivity contribution in [1.82, 2.24) is 9.80 Å². The average molecular weight is 228 g/mol. The van der Waals surface area contributed by atoms with Crippen LogP contribution in [0.3, 0.4) is 0 Å². The minimum absolute atomic E-state index is 0.181. The van der Waals surface area contributed by atoms with Gasteiger partial charge in [0, 0.05) is 19.0 Å². The highest BCUT2D eigenvalue weighted by Gasteiger charge is 2.24. The molecular weight excluding hydrogens is 204 g/mol. The molecule has 1 aliphatic rings. The quantitative estimate of drug-likeness (QED) is 0.698. The first-order valence-electron chi connectivity index (χ1n) is 6.16. The summed E-state index contributed by atoms with van der Waals surface area (Å²) >= 11 is 0. The van der Waals surface area contributed by atoms with Crippen molar-refractivity contribution in [3.05, 3.63) is 0 Å². The van der Waals surface area contributed by atoms with Crippen molar-refractivity contribution in [1.29, 1.82) is 0 Å². The van der Waals surface area contributed by atoms with E-state index in [0.717, 1.165) is 32.5 Å². The fourth-order valence-corrected chi connectivity index (χ4v) is 1.96. The third kappa shape index (κ3) is 4.10. The zero-order valence-corrected chi connectivity index (χ0v) is 10.7. The lowest BCUT2D eigenvalue weighted by atomic mass is 10.00. The Morgan fingerprint density at radius 3 is 2.50 bits per heavy atom. The third-order valence-electron chi connectivity index (χ3n) is 3.09. The number of carbonyl (C=O) groups is 1. The molecule has 1 unspecified atom stereocenters. The van der Waals surface area contributed by atoms with Crippen molar-refractivity contribution < 1.29 is 9.53 Å². The molecule has 4 nitrogen and oxygen atoms in total. The lowest BCUT2D eigenvalue weighted by Crippen LogP contribution is -2.44. The topological polar surface area (TPSA) is 32.8 Å². The molecule has 1 fully saturated rings. The lowest BCUT2D eigenvalue weighted by molar-refractivity contribution is -0.140. The maximum absolute atomic E-state index is 12.2. The Morgan fingerprint density at radius 2 is 2.00 bits per heavy atom. The smallest absolute Gasteiger partial charge is 0.225 e. The maximum Gasteiger partial charge on any atom is 0.225 e. The van der Waals surface area contributed by atoms with E-state index in [4.69, 9.17) is 4.74 Å². The second kappa shape index (κ2) is 6.86. The molecule has 94 valence electrons. The predicted octanol–water partition coefficient (Wildman–Crippen LogP) is 0.823. The minimum atomic E-state index is 0.181. The summed E-state index contributed by atoms with van der Waals surface area (Å²) in [5.74, 6) is 0.494. The van der Waals surface area contributed by atoms with Gasteiger partial charge in [0.05, 0.1) is 13.2 Å². The number of hydrogen-bond acceptors (Lipinski definition) is 3. The van der Waals surface area contributed by atoms with E-state index in [1.54, 1.807) is 0 Å². The van der Waals surface area contributed by atoms with Gasteiger partial charge in [-0.25, -0.2) is 0 Å². The van der Waals surface area contributed by atoms with Gasteiger partial charge in [-0.3, -0.25) is 4.79 Å². The number of carbonyl (C=O) groups excluding carboxylic acids is 1. The van der Waals surface area contributed by atoms with Gasteiger partial charge in [0.25, 0.3) is 0 Å². The highest BCUT2D eigenvalue weighted by atomic mass is 16.5. The number of morpholine rings is 1. The number of rotatable bonds is 5. The van der Waals surface area contributed by atoms with Gasteiger partial charge in [0.15, 0.2) is 0 Å². The molecule has 0 bridgehead atoms. The molecular formula is C12H24N2O2. The Labute approximate surface area is 98.5 Å². The summed E-state index contributed by atoms with van der Waals surface area (Å²) in [6, 6.07) is 0. The standard InChI is InChI=1S/C12H24N2O2/c1-4-11(5-6-13(2)3)12(15)14-7-9-16-10-8-14/h11H,4-10H2,1-3H3. The normalized spacial score (nSPS) is 18.9. The zero-order chi connectivity index (χ0) is 12.0. The fraction of sp³-hybridized carbons (Fsp3) is 0.917. The SMILES string of the molecule is CCC(CCN(C)C)C(=O)N1CCOCC1. The summed E-state index contributed by atoms with van der Waals surface area (Å²) in [6.07, 6.45) is 1.89. The highest BCUT2D eigenvalue weighted by Crippen LogP contribution is 2.14. The van der Waals surface area contributed by atoms with Crippen LogP contribution in [0.1, 0.15) is 19.8 Å². The van der Waals surface area contributed by atoms with Crippen LogP contribution in [0.15, 0.2) is 0 Å². The van der Waals surface area contributed by atoms with Gasteiger partial charge in [0.2, 0.25) is 5.91 Å². The molecule has 0 aromatic heterocycles. The van der Waals surface area contributed by atoms with E-state index in [1.807, 2.05) is 19.0 Å². The minimum Gasteiger partial charge on any atom is -0.378 e. The molecule has 0 aromatic carbocycles. The van der Waals surface area contributed by atoms with Crippen molar-refractivity contribution in [2.45, 2.75) is 19.8 Å². The van der Waals surface area contributed by atoms with Crippen LogP contribution < -0.4 is 0 Å². The molecule has 0 aliphatic carbocycles. The van der Waals surface area contributed by atoms with E-state index in [9.17, 15) is 4.79 Å². The number of nitrogens with zero attached hydrogens (tertiary/aromatic N) is 2. The van der Waals surface area contributed by atoms with Crippen LogP contribution >= 0.6 is 0 Å². The molecule has 1 aliphatic heterocycles. The molecule has 0 radical (unpaired) electrons. The van der Waals surface area contributed by atoms with Gasteiger partial charge in [-0.1, -0.05) is 6.92 Å². The van der Waals surface area contributed by atoms with Gasteiger partial charge in [0.1, 0.15) is 0 Å². The first-order chi connectivity index (χ1) is 7.65. The third-order valence-corrected chi connectivity index (χ3v) is 3.09. The Hall–Kier alpha value is -0.610. The fourth-order valence-electron chi connectivity index (χ4n) is 1.96.